The molecular formula is C21H21FN4OS. The summed E-state index contributed by atoms with van der Waals surface area (Å²) in [7, 11) is 0. The molecule has 144 valence electrons. The van der Waals surface area contributed by atoms with Crippen LogP contribution in [0.3, 0.4) is 0 Å². The fraction of sp³-hybridized carbons (Fsp3) is 0.286. The van der Waals surface area contributed by atoms with Gasteiger partial charge in [0.25, 0.3) is 0 Å². The number of hydrogen-bond donors (Lipinski definition) is 1. The molecule has 2 aromatic carbocycles. The first-order valence-corrected chi connectivity index (χ1v) is 10.1. The van der Waals surface area contributed by atoms with Gasteiger partial charge in [-0.3, -0.25) is 4.79 Å². The second-order valence-electron chi connectivity index (χ2n) is 6.91. The highest BCUT2D eigenvalue weighted by Crippen LogP contribution is 2.26. The predicted octanol–water partition coefficient (Wildman–Crippen LogP) is 4.12. The topological polar surface area (TPSA) is 58.1 Å². The molecule has 1 saturated heterocycles. The monoisotopic (exact) mass is 396 g/mol. The second-order valence-corrected chi connectivity index (χ2v) is 7.64. The Morgan fingerprint density at radius 2 is 1.96 bits per heavy atom. The minimum Gasteiger partial charge on any atom is -0.346 e. The summed E-state index contributed by atoms with van der Waals surface area (Å²) in [5.74, 6) is 0.0287. The zero-order valence-corrected chi connectivity index (χ0v) is 16.2. The van der Waals surface area contributed by atoms with Crippen LogP contribution < -0.4 is 10.2 Å². The van der Waals surface area contributed by atoms with E-state index in [1.54, 1.807) is 18.2 Å². The lowest BCUT2D eigenvalue weighted by Gasteiger charge is -2.31. The molecule has 0 radical (unpaired) electrons. The van der Waals surface area contributed by atoms with Crippen LogP contribution in [0.4, 0.5) is 15.2 Å². The molecule has 1 aliphatic heterocycles. The van der Waals surface area contributed by atoms with E-state index in [-0.39, 0.29) is 17.5 Å². The van der Waals surface area contributed by atoms with E-state index in [1.807, 2.05) is 18.2 Å². The van der Waals surface area contributed by atoms with E-state index in [0.717, 1.165) is 30.3 Å². The van der Waals surface area contributed by atoms with Gasteiger partial charge in [0, 0.05) is 31.0 Å². The van der Waals surface area contributed by atoms with E-state index >= 15 is 0 Å². The fourth-order valence-corrected chi connectivity index (χ4v) is 4.11. The van der Waals surface area contributed by atoms with E-state index < -0.39 is 5.82 Å². The van der Waals surface area contributed by atoms with Crippen LogP contribution in [0.15, 0.2) is 54.6 Å². The maximum absolute atomic E-state index is 13.8. The van der Waals surface area contributed by atoms with E-state index in [2.05, 4.69) is 31.7 Å². The van der Waals surface area contributed by atoms with Gasteiger partial charge in [0.1, 0.15) is 11.6 Å². The van der Waals surface area contributed by atoms with Crippen molar-refractivity contribution in [3.05, 3.63) is 71.8 Å². The quantitative estimate of drug-likeness (QED) is 0.705. The number of nitrogens with zero attached hydrogens (tertiary/aromatic N) is 3. The van der Waals surface area contributed by atoms with Crippen molar-refractivity contribution in [1.29, 1.82) is 0 Å². The van der Waals surface area contributed by atoms with Crippen LogP contribution >= 0.6 is 11.5 Å². The van der Waals surface area contributed by atoms with E-state index in [9.17, 15) is 9.18 Å². The van der Waals surface area contributed by atoms with Crippen LogP contribution in [0.1, 0.15) is 24.2 Å². The van der Waals surface area contributed by atoms with Gasteiger partial charge in [0.05, 0.1) is 11.6 Å². The first kappa shape index (κ1) is 18.6. The van der Waals surface area contributed by atoms with Crippen molar-refractivity contribution in [2.24, 2.45) is 5.92 Å². The fourth-order valence-electron chi connectivity index (χ4n) is 3.39. The van der Waals surface area contributed by atoms with Crippen LogP contribution in [0.25, 0.3) is 0 Å². The molecule has 0 bridgehead atoms. The van der Waals surface area contributed by atoms with Crippen molar-refractivity contribution in [2.45, 2.75) is 19.3 Å². The zero-order chi connectivity index (χ0) is 19.3. The number of benzene rings is 2. The third-order valence-corrected chi connectivity index (χ3v) is 5.67. The SMILES string of the molecule is O=C(Nc1ccccc1F)C1CCCN(c2nc(Cc3ccccc3)ns2)C1. The highest BCUT2D eigenvalue weighted by atomic mass is 32.1. The van der Waals surface area contributed by atoms with Crippen molar-refractivity contribution in [1.82, 2.24) is 9.36 Å². The van der Waals surface area contributed by atoms with Gasteiger partial charge < -0.3 is 10.2 Å². The highest BCUT2D eigenvalue weighted by Gasteiger charge is 2.28. The number of aromatic nitrogens is 2. The molecule has 1 unspecified atom stereocenters. The van der Waals surface area contributed by atoms with Gasteiger partial charge in [0.2, 0.25) is 11.0 Å². The Morgan fingerprint density at radius 1 is 1.18 bits per heavy atom. The van der Waals surface area contributed by atoms with E-state index in [4.69, 9.17) is 0 Å². The summed E-state index contributed by atoms with van der Waals surface area (Å²) in [6.07, 6.45) is 2.37. The van der Waals surface area contributed by atoms with Gasteiger partial charge in [-0.15, -0.1) is 0 Å². The van der Waals surface area contributed by atoms with Crippen LogP contribution in [-0.2, 0) is 11.2 Å². The Labute approximate surface area is 167 Å². The molecule has 1 N–H and O–H groups in total. The summed E-state index contributed by atoms with van der Waals surface area (Å²) in [4.78, 5) is 19.4. The lowest BCUT2D eigenvalue weighted by molar-refractivity contribution is -0.120. The Hall–Kier alpha value is -2.80. The van der Waals surface area contributed by atoms with Crippen LogP contribution in [0.5, 0.6) is 0 Å². The summed E-state index contributed by atoms with van der Waals surface area (Å²) in [5.41, 5.74) is 1.40. The van der Waals surface area contributed by atoms with Crippen LogP contribution in [0, 0.1) is 11.7 Å². The summed E-state index contributed by atoms with van der Waals surface area (Å²) in [6.45, 7) is 1.42. The van der Waals surface area contributed by atoms with Gasteiger partial charge in [-0.05, 0) is 30.5 Å². The van der Waals surface area contributed by atoms with Gasteiger partial charge in [-0.2, -0.15) is 4.37 Å². The van der Waals surface area contributed by atoms with E-state index in [0.29, 0.717) is 13.0 Å². The molecule has 1 aliphatic rings. The number of hydrogen-bond acceptors (Lipinski definition) is 5. The molecule has 0 aliphatic carbocycles. The first-order valence-electron chi connectivity index (χ1n) is 9.36. The van der Waals surface area contributed by atoms with Gasteiger partial charge >= 0.3 is 0 Å². The number of nitrogens with one attached hydrogen (secondary N) is 1. The molecule has 1 fully saturated rings. The number of piperidine rings is 1. The van der Waals surface area contributed by atoms with Crippen LogP contribution in [-0.4, -0.2) is 28.4 Å². The Bertz CT molecular complexity index is 946. The Morgan fingerprint density at radius 3 is 2.79 bits per heavy atom. The molecule has 1 atom stereocenters. The molecule has 4 rings (SSSR count). The maximum atomic E-state index is 13.8. The number of para-hydroxylation sites is 1. The normalized spacial score (nSPS) is 16.8. The summed E-state index contributed by atoms with van der Waals surface area (Å²) >= 11 is 1.37. The molecule has 7 heteroatoms. The lowest BCUT2D eigenvalue weighted by atomic mass is 9.97. The minimum absolute atomic E-state index is 0.149. The maximum Gasteiger partial charge on any atom is 0.229 e. The number of halogens is 1. The predicted molar refractivity (Wildman–Crippen MR) is 109 cm³/mol. The number of rotatable bonds is 5. The van der Waals surface area contributed by atoms with Crippen molar-refractivity contribution in [2.75, 3.05) is 23.3 Å². The molecule has 28 heavy (non-hydrogen) atoms. The Kier molecular flexibility index (Phi) is 5.62. The third kappa shape index (κ3) is 4.36. The standard InChI is InChI=1S/C21H21FN4OS/c22-17-10-4-5-11-18(17)23-20(27)16-9-6-12-26(14-16)21-24-19(25-28-21)13-15-7-2-1-3-8-15/h1-5,7-8,10-11,16H,6,9,12-14H2,(H,23,27). The summed E-state index contributed by atoms with van der Waals surface area (Å²) in [6, 6.07) is 16.4. The second kappa shape index (κ2) is 8.48. The minimum atomic E-state index is -0.418. The molecule has 5 nitrogen and oxygen atoms in total. The van der Waals surface area contributed by atoms with Crippen molar-refractivity contribution in [3.8, 4) is 0 Å². The molecular weight excluding hydrogens is 375 g/mol. The average molecular weight is 396 g/mol. The highest BCUT2D eigenvalue weighted by molar-refractivity contribution is 7.09. The number of anilines is 2. The largest absolute Gasteiger partial charge is 0.346 e. The van der Waals surface area contributed by atoms with Gasteiger partial charge in [-0.25, -0.2) is 9.37 Å². The smallest absolute Gasteiger partial charge is 0.229 e. The van der Waals surface area contributed by atoms with Crippen molar-refractivity contribution >= 4 is 28.3 Å². The van der Waals surface area contributed by atoms with Gasteiger partial charge in [0.15, 0.2) is 0 Å². The zero-order valence-electron chi connectivity index (χ0n) is 15.3. The van der Waals surface area contributed by atoms with Crippen LogP contribution in [0.2, 0.25) is 0 Å². The van der Waals surface area contributed by atoms with Gasteiger partial charge in [-0.1, -0.05) is 42.5 Å². The number of carbonyl (C=O) groups excluding carboxylic acids is 1. The van der Waals surface area contributed by atoms with E-state index in [1.165, 1.54) is 23.2 Å². The molecule has 1 amide bonds. The first-order chi connectivity index (χ1) is 13.7. The molecule has 3 aromatic rings. The average Bonchev–Trinajstić information content (AvgIpc) is 3.19. The molecule has 0 saturated carbocycles. The summed E-state index contributed by atoms with van der Waals surface area (Å²) < 4.78 is 18.3. The number of carbonyl (C=O) groups is 1. The Balaban J connectivity index is 1.40. The van der Waals surface area contributed by atoms with Crippen molar-refractivity contribution in [3.63, 3.8) is 0 Å². The number of amides is 1. The third-order valence-electron chi connectivity index (χ3n) is 4.86. The summed E-state index contributed by atoms with van der Waals surface area (Å²) in [5, 5.41) is 3.56. The van der Waals surface area contributed by atoms with Crippen molar-refractivity contribution < 1.29 is 9.18 Å². The molecule has 2 heterocycles. The molecule has 0 spiro atoms. The molecule has 1 aromatic heterocycles. The lowest BCUT2D eigenvalue weighted by Crippen LogP contribution is -2.40.